The van der Waals surface area contributed by atoms with Gasteiger partial charge in [0.2, 0.25) is 11.8 Å². The van der Waals surface area contributed by atoms with Crippen LogP contribution in [0.2, 0.25) is 0 Å². The van der Waals surface area contributed by atoms with E-state index in [0.717, 1.165) is 51.6 Å². The summed E-state index contributed by atoms with van der Waals surface area (Å²) in [6.45, 7) is 7.63. The number of anilines is 2. The van der Waals surface area contributed by atoms with Gasteiger partial charge in [0.05, 0.1) is 12.1 Å². The number of amides is 2. The maximum atomic E-state index is 13.3. The highest BCUT2D eigenvalue weighted by Gasteiger charge is 2.36. The lowest BCUT2D eigenvalue weighted by Gasteiger charge is -2.25. The fourth-order valence-corrected chi connectivity index (χ4v) is 8.08. The summed E-state index contributed by atoms with van der Waals surface area (Å²) in [6, 6.07) is 28.3. The Labute approximate surface area is 362 Å². The average molecular weight is 831 g/mol. The Kier molecular flexibility index (Phi) is 21.6. The molecule has 0 bridgehead atoms. The SMILES string of the molecule is CCCCCCCCN1C(=N)N(CC(=O)Nc2ccc(NC(=O)CN3C[C@H](Cc4ccccc4)N(CCCCCCCC)C3=N)cc2)C[C@@H]1Cc1ccccc1.S.S. The van der Waals surface area contributed by atoms with Gasteiger partial charge in [0, 0.05) is 37.6 Å². The van der Waals surface area contributed by atoms with E-state index in [0.29, 0.717) is 36.4 Å². The standard InChI is InChI=1S/C46H66N8O2.2H2S/c1-3-5-7-9-11-19-29-53-41(31-37-21-15-13-16-22-37)33-51(45(53)47)35-43(55)49-39-25-27-40(28-26-39)50-44(56)36-52-34-42(32-38-23-17-14-18-24-38)54(46(52)48)30-20-12-10-8-6-4-2;;/h13-18,21-28,41-42,47-48H,3-12,19-20,29-36H2,1-2H3,(H,49,55)(H,50,56);2*1H2/t41-,42-;;/m0../s1. The monoisotopic (exact) mass is 831 g/mol. The van der Waals surface area contributed by atoms with E-state index in [1.807, 2.05) is 21.9 Å². The fraction of sp³-hybridized carbons (Fsp3) is 0.522. The lowest BCUT2D eigenvalue weighted by molar-refractivity contribution is -0.117. The van der Waals surface area contributed by atoms with Gasteiger partial charge >= 0.3 is 0 Å². The van der Waals surface area contributed by atoms with Gasteiger partial charge in [-0.1, -0.05) is 139 Å². The Balaban J connectivity index is 0.00000450. The third-order valence-electron chi connectivity index (χ3n) is 11.1. The molecule has 2 amide bonds. The van der Waals surface area contributed by atoms with Crippen LogP contribution in [0.4, 0.5) is 11.4 Å². The highest BCUT2D eigenvalue weighted by Crippen LogP contribution is 2.23. The zero-order valence-corrected chi connectivity index (χ0v) is 37.0. The van der Waals surface area contributed by atoms with Crippen molar-refractivity contribution < 1.29 is 9.59 Å². The molecule has 10 nitrogen and oxygen atoms in total. The van der Waals surface area contributed by atoms with Gasteiger partial charge in [0.1, 0.15) is 13.1 Å². The van der Waals surface area contributed by atoms with Gasteiger partial charge in [-0.15, -0.1) is 0 Å². The van der Waals surface area contributed by atoms with Crippen LogP contribution in [0.15, 0.2) is 84.9 Å². The van der Waals surface area contributed by atoms with Crippen molar-refractivity contribution in [3.05, 3.63) is 96.1 Å². The Morgan fingerprint density at radius 2 is 0.879 bits per heavy atom. The molecule has 2 aliphatic heterocycles. The van der Waals surface area contributed by atoms with Crippen LogP contribution < -0.4 is 10.6 Å². The third kappa shape index (κ3) is 15.2. The Morgan fingerprint density at radius 3 is 1.24 bits per heavy atom. The zero-order valence-electron chi connectivity index (χ0n) is 35.0. The van der Waals surface area contributed by atoms with Gasteiger partial charge < -0.3 is 30.2 Å². The van der Waals surface area contributed by atoms with Crippen LogP contribution in [0.5, 0.6) is 0 Å². The van der Waals surface area contributed by atoms with E-state index in [1.165, 1.54) is 62.5 Å². The lowest BCUT2D eigenvalue weighted by Crippen LogP contribution is -2.39. The zero-order chi connectivity index (χ0) is 39.5. The van der Waals surface area contributed by atoms with Crippen LogP contribution in [0, 0.1) is 10.8 Å². The highest BCUT2D eigenvalue weighted by molar-refractivity contribution is 7.59. The van der Waals surface area contributed by atoms with Crippen LogP contribution in [-0.4, -0.2) is 94.7 Å². The van der Waals surface area contributed by atoms with Gasteiger partial charge in [0.15, 0.2) is 11.9 Å². The molecule has 0 radical (unpaired) electrons. The quantitative estimate of drug-likeness (QED) is 0.0671. The number of carbonyl (C=O) groups excluding carboxylic acids is 2. The number of nitrogens with zero attached hydrogens (tertiary/aromatic N) is 4. The molecule has 0 spiro atoms. The number of hydrogen-bond donors (Lipinski definition) is 4. The summed E-state index contributed by atoms with van der Waals surface area (Å²) < 4.78 is 0. The van der Waals surface area contributed by atoms with Crippen molar-refractivity contribution in [2.45, 2.75) is 116 Å². The van der Waals surface area contributed by atoms with Crippen LogP contribution in [0.25, 0.3) is 0 Å². The second-order valence-electron chi connectivity index (χ2n) is 15.7. The summed E-state index contributed by atoms with van der Waals surface area (Å²) in [5.74, 6) is 0.510. The second-order valence-corrected chi connectivity index (χ2v) is 15.7. The normalized spacial score (nSPS) is 16.3. The Bertz CT molecular complexity index is 1540. The van der Waals surface area contributed by atoms with Crippen molar-refractivity contribution in [3.8, 4) is 0 Å². The van der Waals surface area contributed by atoms with E-state index >= 15 is 0 Å². The first-order chi connectivity index (χ1) is 27.3. The lowest BCUT2D eigenvalue weighted by atomic mass is 10.0. The Hall–Kier alpha value is -4.16. The van der Waals surface area contributed by atoms with E-state index in [-0.39, 0.29) is 64.0 Å². The van der Waals surface area contributed by atoms with E-state index in [2.05, 4.69) is 82.8 Å². The number of hydrogen-bond acceptors (Lipinski definition) is 4. The van der Waals surface area contributed by atoms with Crippen molar-refractivity contribution in [2.75, 3.05) is 49.9 Å². The van der Waals surface area contributed by atoms with Crippen LogP contribution in [0.1, 0.15) is 102 Å². The van der Waals surface area contributed by atoms with Crippen molar-refractivity contribution in [3.63, 3.8) is 0 Å². The minimum absolute atomic E-state index is 0. The van der Waals surface area contributed by atoms with Crippen LogP contribution >= 0.6 is 27.0 Å². The molecule has 3 aromatic carbocycles. The predicted molar refractivity (Wildman–Crippen MR) is 251 cm³/mol. The van der Waals surface area contributed by atoms with E-state index in [4.69, 9.17) is 10.8 Å². The number of nitrogens with one attached hydrogen (secondary N) is 4. The van der Waals surface area contributed by atoms with Gasteiger partial charge in [0.25, 0.3) is 0 Å². The molecule has 0 saturated carbocycles. The molecule has 58 heavy (non-hydrogen) atoms. The number of rotatable bonds is 24. The first-order valence-corrected chi connectivity index (χ1v) is 21.3. The maximum absolute atomic E-state index is 13.3. The highest BCUT2D eigenvalue weighted by atomic mass is 32.1. The van der Waals surface area contributed by atoms with E-state index in [1.54, 1.807) is 24.3 Å². The molecule has 2 atom stereocenters. The first kappa shape index (κ1) is 48.2. The molecule has 3 aromatic rings. The molecule has 0 unspecified atom stereocenters. The molecular weight excluding hydrogens is 761 g/mol. The largest absolute Gasteiger partial charge is 0.338 e. The van der Waals surface area contributed by atoms with Gasteiger partial charge in [-0.25, -0.2) is 0 Å². The summed E-state index contributed by atoms with van der Waals surface area (Å²) in [6.07, 6.45) is 16.1. The smallest absolute Gasteiger partial charge is 0.244 e. The summed E-state index contributed by atoms with van der Waals surface area (Å²) in [5.41, 5.74) is 3.76. The summed E-state index contributed by atoms with van der Waals surface area (Å²) >= 11 is 0. The minimum atomic E-state index is -0.172. The molecule has 2 aliphatic rings. The molecule has 4 N–H and O–H groups in total. The minimum Gasteiger partial charge on any atom is -0.338 e. The first-order valence-electron chi connectivity index (χ1n) is 21.3. The molecule has 5 rings (SSSR count). The molecule has 318 valence electrons. The van der Waals surface area contributed by atoms with Crippen LogP contribution in [-0.2, 0) is 22.4 Å². The topological polar surface area (TPSA) is 119 Å². The van der Waals surface area contributed by atoms with Gasteiger partial charge in [-0.05, 0) is 61.1 Å². The van der Waals surface area contributed by atoms with Crippen LogP contribution in [0.3, 0.4) is 0 Å². The number of unbranched alkanes of at least 4 members (excludes halogenated alkanes) is 10. The number of guanidine groups is 2. The van der Waals surface area contributed by atoms with Crippen molar-refractivity contribution >= 4 is 62.1 Å². The summed E-state index contributed by atoms with van der Waals surface area (Å²) in [5, 5.41) is 24.0. The number of benzene rings is 3. The van der Waals surface area contributed by atoms with E-state index in [9.17, 15) is 9.59 Å². The Morgan fingerprint density at radius 1 is 0.534 bits per heavy atom. The molecule has 0 aliphatic carbocycles. The molecule has 2 fully saturated rings. The predicted octanol–water partition coefficient (Wildman–Crippen LogP) is 8.84. The molecule has 12 heteroatoms. The average Bonchev–Trinajstić information content (AvgIpc) is 3.64. The third-order valence-corrected chi connectivity index (χ3v) is 11.1. The molecule has 2 heterocycles. The van der Waals surface area contributed by atoms with Crippen molar-refractivity contribution in [1.82, 2.24) is 19.6 Å². The summed E-state index contributed by atoms with van der Waals surface area (Å²) in [4.78, 5) is 34.7. The van der Waals surface area contributed by atoms with E-state index < -0.39 is 0 Å². The number of carbonyl (C=O) groups is 2. The van der Waals surface area contributed by atoms with Crippen molar-refractivity contribution in [1.29, 1.82) is 10.8 Å². The molecule has 2 saturated heterocycles. The second kappa shape index (κ2) is 26.0. The summed E-state index contributed by atoms with van der Waals surface area (Å²) in [7, 11) is 0. The van der Waals surface area contributed by atoms with Gasteiger partial charge in [-0.2, -0.15) is 27.0 Å². The van der Waals surface area contributed by atoms with Crippen molar-refractivity contribution in [2.24, 2.45) is 0 Å². The van der Waals surface area contributed by atoms with Gasteiger partial charge in [-0.3, -0.25) is 20.4 Å². The molecule has 0 aromatic heterocycles. The molecular formula is C46H70N8O2S2. The maximum Gasteiger partial charge on any atom is 0.244 e. The fourth-order valence-electron chi connectivity index (χ4n) is 8.08.